The number of ether oxygens (including phenoxy) is 2. The molecule has 1 amide bonds. The molecule has 0 unspecified atom stereocenters. The van der Waals surface area contributed by atoms with E-state index in [-0.39, 0.29) is 12.5 Å². The maximum atomic E-state index is 11.7. The fourth-order valence-electron chi connectivity index (χ4n) is 1.76. The molecular weight excluding hydrogens is 284 g/mol. The maximum Gasteiger partial charge on any atom is 0.239 e. The molecule has 1 heterocycles. The lowest BCUT2D eigenvalue weighted by atomic mass is 10.3. The van der Waals surface area contributed by atoms with E-state index >= 15 is 0 Å². The number of carbonyl (C=O) groups is 1. The van der Waals surface area contributed by atoms with E-state index in [4.69, 9.17) is 13.9 Å². The average Bonchev–Trinajstić information content (AvgIpc) is 3.06. The summed E-state index contributed by atoms with van der Waals surface area (Å²) in [6, 6.07) is 11.0. The molecule has 6 heteroatoms. The molecule has 2 aromatic rings. The first-order valence-electron chi connectivity index (χ1n) is 7.02. The van der Waals surface area contributed by atoms with Gasteiger partial charge in [0.05, 0.1) is 26.0 Å². The van der Waals surface area contributed by atoms with Gasteiger partial charge in [0.25, 0.3) is 0 Å². The Labute approximate surface area is 129 Å². The molecule has 0 fully saturated rings. The van der Waals surface area contributed by atoms with Crippen LogP contribution in [-0.2, 0) is 16.1 Å². The molecule has 118 valence electrons. The van der Waals surface area contributed by atoms with Crippen LogP contribution in [0.2, 0.25) is 0 Å². The van der Waals surface area contributed by atoms with Gasteiger partial charge in [-0.15, -0.1) is 0 Å². The third-order valence-corrected chi connectivity index (χ3v) is 2.90. The van der Waals surface area contributed by atoms with Crippen molar-refractivity contribution >= 4 is 11.6 Å². The number of amides is 1. The Morgan fingerprint density at radius 1 is 1.18 bits per heavy atom. The van der Waals surface area contributed by atoms with Gasteiger partial charge in [-0.3, -0.25) is 4.79 Å². The highest BCUT2D eigenvalue weighted by Gasteiger charge is 2.03. The minimum absolute atomic E-state index is 0.100. The van der Waals surface area contributed by atoms with Gasteiger partial charge in [-0.1, -0.05) is 0 Å². The van der Waals surface area contributed by atoms with Gasteiger partial charge in [-0.2, -0.15) is 0 Å². The fraction of sp³-hybridized carbons (Fsp3) is 0.312. The van der Waals surface area contributed by atoms with Gasteiger partial charge in [-0.25, -0.2) is 0 Å². The third-order valence-electron chi connectivity index (χ3n) is 2.90. The zero-order valence-electron chi connectivity index (χ0n) is 12.5. The van der Waals surface area contributed by atoms with E-state index in [1.165, 1.54) is 0 Å². The van der Waals surface area contributed by atoms with Gasteiger partial charge in [0, 0.05) is 12.8 Å². The predicted octanol–water partition coefficient (Wildman–Crippen LogP) is 2.03. The Morgan fingerprint density at radius 3 is 2.68 bits per heavy atom. The number of methoxy groups -OCH3 is 1. The van der Waals surface area contributed by atoms with Crippen LogP contribution in [0.1, 0.15) is 5.76 Å². The Bertz CT molecular complexity index is 552. The fourth-order valence-corrected chi connectivity index (χ4v) is 1.76. The van der Waals surface area contributed by atoms with Gasteiger partial charge in [0.15, 0.2) is 0 Å². The van der Waals surface area contributed by atoms with Crippen LogP contribution in [0.3, 0.4) is 0 Å². The number of furan rings is 1. The number of benzene rings is 1. The van der Waals surface area contributed by atoms with Gasteiger partial charge in [0.1, 0.15) is 18.1 Å². The summed E-state index contributed by atoms with van der Waals surface area (Å²) in [5.41, 5.74) is 0.854. The zero-order chi connectivity index (χ0) is 15.6. The van der Waals surface area contributed by atoms with Crippen molar-refractivity contribution in [2.75, 3.05) is 32.2 Å². The van der Waals surface area contributed by atoms with Crippen LogP contribution in [0.4, 0.5) is 5.69 Å². The van der Waals surface area contributed by atoms with Crippen molar-refractivity contribution < 1.29 is 18.7 Å². The number of nitrogens with one attached hydrogen (secondary N) is 2. The standard InChI is InChI=1S/C16H20N2O4/c1-20-9-10-22-14-6-4-13(5-7-14)17-12-16(19)18-11-15-3-2-8-21-15/h2-8,17H,9-12H2,1H3,(H,18,19). The molecule has 22 heavy (non-hydrogen) atoms. The highest BCUT2D eigenvalue weighted by Crippen LogP contribution is 2.15. The minimum Gasteiger partial charge on any atom is -0.491 e. The second-order valence-electron chi connectivity index (χ2n) is 4.58. The summed E-state index contributed by atoms with van der Waals surface area (Å²) >= 11 is 0. The van der Waals surface area contributed by atoms with Crippen molar-refractivity contribution in [3.05, 3.63) is 48.4 Å². The monoisotopic (exact) mass is 304 g/mol. The van der Waals surface area contributed by atoms with Crippen LogP contribution in [0, 0.1) is 0 Å². The molecule has 1 aromatic carbocycles. The number of rotatable bonds is 9. The zero-order valence-corrected chi connectivity index (χ0v) is 12.5. The molecule has 0 aliphatic rings. The second kappa shape index (κ2) is 8.74. The first-order chi connectivity index (χ1) is 10.8. The third kappa shape index (κ3) is 5.49. The number of carbonyl (C=O) groups excluding carboxylic acids is 1. The van der Waals surface area contributed by atoms with Gasteiger partial charge in [-0.05, 0) is 36.4 Å². The molecule has 0 bridgehead atoms. The molecule has 2 N–H and O–H groups in total. The summed E-state index contributed by atoms with van der Waals surface area (Å²) in [5, 5.41) is 5.81. The molecule has 0 spiro atoms. The molecule has 1 aromatic heterocycles. The molecule has 0 aliphatic heterocycles. The summed E-state index contributed by atoms with van der Waals surface area (Å²) in [4.78, 5) is 11.7. The molecule has 0 radical (unpaired) electrons. The summed E-state index contributed by atoms with van der Waals surface area (Å²) < 4.78 is 15.5. The smallest absolute Gasteiger partial charge is 0.239 e. The van der Waals surface area contributed by atoms with Crippen molar-refractivity contribution in [1.29, 1.82) is 0 Å². The van der Waals surface area contributed by atoms with Crippen LogP contribution in [0.5, 0.6) is 5.75 Å². The molecule has 2 rings (SSSR count). The Balaban J connectivity index is 1.68. The van der Waals surface area contributed by atoms with Gasteiger partial charge < -0.3 is 24.5 Å². The molecule has 6 nitrogen and oxygen atoms in total. The SMILES string of the molecule is COCCOc1ccc(NCC(=O)NCc2ccco2)cc1. The predicted molar refractivity (Wildman–Crippen MR) is 82.9 cm³/mol. The Hall–Kier alpha value is -2.47. The highest BCUT2D eigenvalue weighted by atomic mass is 16.5. The van der Waals surface area contributed by atoms with E-state index in [0.29, 0.717) is 19.8 Å². The van der Waals surface area contributed by atoms with Crippen LogP contribution in [-0.4, -0.2) is 32.8 Å². The van der Waals surface area contributed by atoms with Crippen molar-refractivity contribution in [1.82, 2.24) is 5.32 Å². The summed E-state index contributed by atoms with van der Waals surface area (Å²) in [5.74, 6) is 1.40. The van der Waals surface area contributed by atoms with Crippen LogP contribution in [0.15, 0.2) is 47.1 Å². The van der Waals surface area contributed by atoms with Crippen LogP contribution >= 0.6 is 0 Å². The molecule has 0 aliphatic carbocycles. The topological polar surface area (TPSA) is 72.7 Å². The quantitative estimate of drug-likeness (QED) is 0.694. The maximum absolute atomic E-state index is 11.7. The second-order valence-corrected chi connectivity index (χ2v) is 4.58. The minimum atomic E-state index is -0.100. The Morgan fingerprint density at radius 2 is 2.00 bits per heavy atom. The summed E-state index contributed by atoms with van der Waals surface area (Å²) in [6.45, 7) is 1.65. The highest BCUT2D eigenvalue weighted by molar-refractivity contribution is 5.80. The number of anilines is 1. The van der Waals surface area contributed by atoms with Crippen molar-refractivity contribution in [2.24, 2.45) is 0 Å². The van der Waals surface area contributed by atoms with Crippen molar-refractivity contribution in [2.45, 2.75) is 6.54 Å². The van der Waals surface area contributed by atoms with Crippen LogP contribution in [0.25, 0.3) is 0 Å². The normalized spacial score (nSPS) is 10.2. The lowest BCUT2D eigenvalue weighted by molar-refractivity contribution is -0.119. The number of hydrogen-bond donors (Lipinski definition) is 2. The lowest BCUT2D eigenvalue weighted by Gasteiger charge is -2.09. The van der Waals surface area contributed by atoms with E-state index in [9.17, 15) is 4.79 Å². The van der Waals surface area contributed by atoms with Crippen LogP contribution < -0.4 is 15.4 Å². The first kappa shape index (κ1) is 15.9. The lowest BCUT2D eigenvalue weighted by Crippen LogP contribution is -2.29. The average molecular weight is 304 g/mol. The van der Waals surface area contributed by atoms with E-state index in [1.54, 1.807) is 19.4 Å². The van der Waals surface area contributed by atoms with E-state index in [1.807, 2.05) is 30.3 Å². The number of hydrogen-bond acceptors (Lipinski definition) is 5. The van der Waals surface area contributed by atoms with Gasteiger partial charge in [0.2, 0.25) is 5.91 Å². The van der Waals surface area contributed by atoms with Gasteiger partial charge >= 0.3 is 0 Å². The van der Waals surface area contributed by atoms with Crippen molar-refractivity contribution in [3.8, 4) is 5.75 Å². The molecular formula is C16H20N2O4. The largest absolute Gasteiger partial charge is 0.491 e. The van der Waals surface area contributed by atoms with E-state index in [0.717, 1.165) is 17.2 Å². The summed E-state index contributed by atoms with van der Waals surface area (Å²) in [7, 11) is 1.63. The summed E-state index contributed by atoms with van der Waals surface area (Å²) in [6.07, 6.45) is 1.58. The van der Waals surface area contributed by atoms with E-state index in [2.05, 4.69) is 10.6 Å². The molecule has 0 saturated heterocycles. The first-order valence-corrected chi connectivity index (χ1v) is 7.02. The Kier molecular flexibility index (Phi) is 6.32. The molecule has 0 atom stereocenters. The molecule has 0 saturated carbocycles. The van der Waals surface area contributed by atoms with E-state index < -0.39 is 0 Å². The van der Waals surface area contributed by atoms with Crippen molar-refractivity contribution in [3.63, 3.8) is 0 Å².